The fourth-order valence-electron chi connectivity index (χ4n) is 2.97. The van der Waals surface area contributed by atoms with E-state index in [1.807, 2.05) is 26.0 Å². The van der Waals surface area contributed by atoms with E-state index in [4.69, 9.17) is 11.6 Å². The van der Waals surface area contributed by atoms with Gasteiger partial charge >= 0.3 is 5.56 Å². The van der Waals surface area contributed by atoms with E-state index in [2.05, 4.69) is 15.3 Å². The van der Waals surface area contributed by atoms with Crippen LogP contribution in [0.1, 0.15) is 16.1 Å². The Kier molecular flexibility index (Phi) is 5.06. The number of anilines is 2. The van der Waals surface area contributed by atoms with Crippen molar-refractivity contribution in [3.63, 3.8) is 0 Å². The standard InChI is InChI=1S/C20H15ClF2N4OS/c1-10-5-17-18(29-11(2)24-17)7-16(10)25-20-26-19(28)15(23)9-27(20)8-12-3-4-14(22)13(21)6-12/h3-7,9H,8H2,1-2H3,(H,25,26,28). The molecule has 5 nitrogen and oxygen atoms in total. The summed E-state index contributed by atoms with van der Waals surface area (Å²) in [5.41, 5.74) is 2.19. The normalized spacial score (nSPS) is 11.2. The Morgan fingerprint density at radius 2 is 1.93 bits per heavy atom. The molecule has 0 fully saturated rings. The van der Waals surface area contributed by atoms with E-state index in [0.29, 0.717) is 5.56 Å². The Bertz CT molecular complexity index is 1300. The number of thiazole rings is 1. The molecule has 4 aromatic rings. The SMILES string of the molecule is Cc1nc2cc(C)c(Nc3nc(=O)c(F)cn3Cc3ccc(F)c(Cl)c3)cc2s1. The number of benzene rings is 2. The summed E-state index contributed by atoms with van der Waals surface area (Å²) in [5, 5.41) is 4.03. The molecule has 0 aliphatic heterocycles. The van der Waals surface area contributed by atoms with Crippen molar-refractivity contribution in [3.8, 4) is 0 Å². The molecule has 29 heavy (non-hydrogen) atoms. The maximum absolute atomic E-state index is 13.9. The van der Waals surface area contributed by atoms with E-state index in [1.165, 1.54) is 16.7 Å². The second kappa shape index (κ2) is 7.53. The van der Waals surface area contributed by atoms with Gasteiger partial charge in [0.1, 0.15) is 5.82 Å². The number of hydrogen-bond donors (Lipinski definition) is 1. The van der Waals surface area contributed by atoms with Crippen molar-refractivity contribution in [1.82, 2.24) is 14.5 Å². The lowest BCUT2D eigenvalue weighted by Gasteiger charge is -2.15. The Morgan fingerprint density at radius 3 is 2.69 bits per heavy atom. The summed E-state index contributed by atoms with van der Waals surface area (Å²) in [6.07, 6.45) is 1.07. The topological polar surface area (TPSA) is 59.8 Å². The third-order valence-electron chi connectivity index (χ3n) is 4.38. The van der Waals surface area contributed by atoms with Gasteiger partial charge in [-0.3, -0.25) is 4.79 Å². The van der Waals surface area contributed by atoms with E-state index < -0.39 is 17.2 Å². The predicted molar refractivity (Wildman–Crippen MR) is 111 cm³/mol. The highest BCUT2D eigenvalue weighted by molar-refractivity contribution is 7.18. The number of aromatic nitrogens is 3. The number of halogens is 3. The van der Waals surface area contributed by atoms with Crippen LogP contribution >= 0.6 is 22.9 Å². The molecule has 2 heterocycles. The average Bonchev–Trinajstić information content (AvgIpc) is 3.01. The van der Waals surface area contributed by atoms with Crippen LogP contribution in [0.15, 0.2) is 41.3 Å². The highest BCUT2D eigenvalue weighted by Gasteiger charge is 2.13. The van der Waals surface area contributed by atoms with E-state index in [-0.39, 0.29) is 17.5 Å². The number of nitrogens with zero attached hydrogens (tertiary/aromatic N) is 3. The van der Waals surface area contributed by atoms with Crippen molar-refractivity contribution in [2.24, 2.45) is 0 Å². The van der Waals surface area contributed by atoms with Crippen molar-refractivity contribution in [1.29, 1.82) is 0 Å². The maximum Gasteiger partial charge on any atom is 0.310 e. The van der Waals surface area contributed by atoms with Crippen LogP contribution in [0.5, 0.6) is 0 Å². The smallest absolute Gasteiger partial charge is 0.310 e. The van der Waals surface area contributed by atoms with Gasteiger partial charge in [0, 0.05) is 11.9 Å². The molecule has 2 aromatic heterocycles. The zero-order valence-corrected chi connectivity index (χ0v) is 17.0. The molecule has 0 aliphatic carbocycles. The van der Waals surface area contributed by atoms with Crippen LogP contribution in [0.2, 0.25) is 5.02 Å². The molecule has 148 valence electrons. The van der Waals surface area contributed by atoms with Gasteiger partial charge in [-0.15, -0.1) is 11.3 Å². The van der Waals surface area contributed by atoms with Gasteiger partial charge in [0.2, 0.25) is 11.8 Å². The first kappa shape index (κ1) is 19.5. The highest BCUT2D eigenvalue weighted by Crippen LogP contribution is 2.29. The summed E-state index contributed by atoms with van der Waals surface area (Å²) in [4.78, 5) is 20.1. The van der Waals surface area contributed by atoms with Gasteiger partial charge in [0.05, 0.1) is 26.8 Å². The quantitative estimate of drug-likeness (QED) is 0.482. The van der Waals surface area contributed by atoms with Crippen LogP contribution in [-0.4, -0.2) is 14.5 Å². The van der Waals surface area contributed by atoms with Crippen molar-refractivity contribution < 1.29 is 8.78 Å². The first-order chi connectivity index (χ1) is 13.8. The summed E-state index contributed by atoms with van der Waals surface area (Å²) in [5.74, 6) is -1.35. The number of fused-ring (bicyclic) bond motifs is 1. The lowest BCUT2D eigenvalue weighted by Crippen LogP contribution is -2.20. The number of nitrogens with one attached hydrogen (secondary N) is 1. The molecule has 0 saturated carbocycles. The van der Waals surface area contributed by atoms with Crippen molar-refractivity contribution >= 4 is 44.8 Å². The van der Waals surface area contributed by atoms with Gasteiger partial charge in [0.25, 0.3) is 0 Å². The second-order valence-electron chi connectivity index (χ2n) is 6.59. The fourth-order valence-corrected chi connectivity index (χ4v) is 4.02. The zero-order chi connectivity index (χ0) is 20.7. The zero-order valence-electron chi connectivity index (χ0n) is 15.5. The summed E-state index contributed by atoms with van der Waals surface area (Å²) in [7, 11) is 0. The van der Waals surface area contributed by atoms with Crippen LogP contribution in [0.4, 0.5) is 20.4 Å². The van der Waals surface area contributed by atoms with Gasteiger partial charge in [0.15, 0.2) is 0 Å². The predicted octanol–water partition coefficient (Wildman–Crippen LogP) is 5.19. The monoisotopic (exact) mass is 432 g/mol. The molecule has 0 bridgehead atoms. The minimum Gasteiger partial charge on any atom is -0.325 e. The van der Waals surface area contributed by atoms with Crippen LogP contribution in [0.3, 0.4) is 0 Å². The molecule has 9 heteroatoms. The van der Waals surface area contributed by atoms with Crippen molar-refractivity contribution in [2.75, 3.05) is 5.32 Å². The first-order valence-corrected chi connectivity index (χ1v) is 9.85. The van der Waals surface area contributed by atoms with Gasteiger partial charge < -0.3 is 9.88 Å². The molecule has 0 saturated heterocycles. The van der Waals surface area contributed by atoms with Crippen LogP contribution in [0, 0.1) is 25.5 Å². The summed E-state index contributed by atoms with van der Waals surface area (Å²) in [6, 6.07) is 8.09. The highest BCUT2D eigenvalue weighted by atomic mass is 35.5. The number of hydrogen-bond acceptors (Lipinski definition) is 5. The molecular formula is C20H15ClF2N4OS. The molecule has 0 aliphatic rings. The average molecular weight is 433 g/mol. The van der Waals surface area contributed by atoms with Gasteiger partial charge in [-0.1, -0.05) is 17.7 Å². The third-order valence-corrected chi connectivity index (χ3v) is 5.60. The lowest BCUT2D eigenvalue weighted by atomic mass is 10.2. The summed E-state index contributed by atoms with van der Waals surface area (Å²) < 4.78 is 29.8. The number of aryl methyl sites for hydroxylation is 2. The Balaban J connectivity index is 1.75. The molecule has 1 N–H and O–H groups in total. The van der Waals surface area contributed by atoms with Crippen LogP contribution in [0.25, 0.3) is 10.2 Å². The second-order valence-corrected chi connectivity index (χ2v) is 8.23. The minimum absolute atomic E-state index is 0.0339. The molecule has 2 aromatic carbocycles. The van der Waals surface area contributed by atoms with Crippen LogP contribution in [-0.2, 0) is 6.54 Å². The summed E-state index contributed by atoms with van der Waals surface area (Å²) in [6.45, 7) is 3.98. The molecule has 0 spiro atoms. The van der Waals surface area contributed by atoms with E-state index in [9.17, 15) is 13.6 Å². The van der Waals surface area contributed by atoms with E-state index in [0.717, 1.165) is 32.7 Å². The van der Waals surface area contributed by atoms with Gasteiger partial charge in [-0.05, 0) is 49.2 Å². The summed E-state index contributed by atoms with van der Waals surface area (Å²) >= 11 is 7.39. The van der Waals surface area contributed by atoms with Crippen molar-refractivity contribution in [3.05, 3.63) is 79.7 Å². The molecule has 4 rings (SSSR count). The fraction of sp³-hybridized carbons (Fsp3) is 0.150. The Hall–Kier alpha value is -2.84. The first-order valence-electron chi connectivity index (χ1n) is 8.66. The third kappa shape index (κ3) is 3.99. The maximum atomic E-state index is 13.9. The van der Waals surface area contributed by atoms with Gasteiger partial charge in [-0.25, -0.2) is 9.37 Å². The lowest BCUT2D eigenvalue weighted by molar-refractivity contribution is 0.578. The molecule has 0 amide bonds. The molecule has 0 unspecified atom stereocenters. The number of rotatable bonds is 4. The molecule has 0 atom stereocenters. The van der Waals surface area contributed by atoms with E-state index in [1.54, 1.807) is 17.4 Å². The van der Waals surface area contributed by atoms with E-state index >= 15 is 0 Å². The Labute approximate surface area is 173 Å². The minimum atomic E-state index is -0.978. The largest absolute Gasteiger partial charge is 0.325 e. The molecule has 0 radical (unpaired) electrons. The molecular weight excluding hydrogens is 418 g/mol. The van der Waals surface area contributed by atoms with Gasteiger partial charge in [-0.2, -0.15) is 9.37 Å². The van der Waals surface area contributed by atoms with Crippen LogP contribution < -0.4 is 10.9 Å². The Morgan fingerprint density at radius 1 is 1.14 bits per heavy atom. The van der Waals surface area contributed by atoms with Crippen molar-refractivity contribution in [2.45, 2.75) is 20.4 Å².